The van der Waals surface area contributed by atoms with Gasteiger partial charge in [-0.2, -0.15) is 0 Å². The largest absolute Gasteiger partial charge is 0.379 e. The molecule has 28 heavy (non-hydrogen) atoms. The van der Waals surface area contributed by atoms with Crippen LogP contribution in [-0.4, -0.2) is 41.2 Å². The summed E-state index contributed by atoms with van der Waals surface area (Å²) in [4.78, 5) is 11.2. The molecular formula is C22H19Cl2N3O. The smallest absolute Gasteiger partial charge is 0.0789 e. The molecule has 6 heteroatoms. The SMILES string of the molecule is Clc1cccc(-c2ncccc2[CH][C](c2cccnc2)N2CCOCC2)c1Cl. The molecule has 0 aliphatic carbocycles. The van der Waals surface area contributed by atoms with E-state index >= 15 is 0 Å². The molecule has 4 nitrogen and oxygen atoms in total. The van der Waals surface area contributed by atoms with E-state index < -0.39 is 0 Å². The fourth-order valence-electron chi connectivity index (χ4n) is 3.27. The lowest BCUT2D eigenvalue weighted by Crippen LogP contribution is -2.40. The van der Waals surface area contributed by atoms with E-state index in [9.17, 15) is 0 Å². The van der Waals surface area contributed by atoms with Gasteiger partial charge >= 0.3 is 0 Å². The van der Waals surface area contributed by atoms with Crippen molar-refractivity contribution < 1.29 is 4.74 Å². The van der Waals surface area contributed by atoms with Crippen LogP contribution in [0.3, 0.4) is 0 Å². The van der Waals surface area contributed by atoms with Gasteiger partial charge in [0.2, 0.25) is 0 Å². The first-order valence-electron chi connectivity index (χ1n) is 9.08. The number of pyridine rings is 2. The van der Waals surface area contributed by atoms with Crippen molar-refractivity contribution >= 4 is 23.2 Å². The number of hydrogen-bond acceptors (Lipinski definition) is 4. The molecule has 0 spiro atoms. The van der Waals surface area contributed by atoms with Gasteiger partial charge in [0.05, 0.1) is 35.0 Å². The third-order valence-electron chi connectivity index (χ3n) is 4.65. The topological polar surface area (TPSA) is 38.2 Å². The summed E-state index contributed by atoms with van der Waals surface area (Å²) in [7, 11) is 0. The van der Waals surface area contributed by atoms with Crippen LogP contribution >= 0.6 is 23.2 Å². The Labute approximate surface area is 175 Å². The van der Waals surface area contributed by atoms with E-state index in [4.69, 9.17) is 27.9 Å². The van der Waals surface area contributed by atoms with Crippen LogP contribution in [0, 0.1) is 12.5 Å². The van der Waals surface area contributed by atoms with Crippen molar-refractivity contribution in [2.24, 2.45) is 0 Å². The van der Waals surface area contributed by atoms with Gasteiger partial charge in [0.15, 0.2) is 0 Å². The molecule has 1 aliphatic rings. The van der Waals surface area contributed by atoms with Gasteiger partial charge in [0.1, 0.15) is 0 Å². The lowest BCUT2D eigenvalue weighted by Gasteiger charge is -2.34. The number of aromatic nitrogens is 2. The van der Waals surface area contributed by atoms with Crippen LogP contribution in [0.1, 0.15) is 11.1 Å². The van der Waals surface area contributed by atoms with Gasteiger partial charge in [0, 0.05) is 43.7 Å². The molecule has 0 saturated carbocycles. The Kier molecular flexibility index (Phi) is 6.23. The maximum absolute atomic E-state index is 6.47. The second-order valence-electron chi connectivity index (χ2n) is 6.41. The Balaban J connectivity index is 1.72. The summed E-state index contributed by atoms with van der Waals surface area (Å²) >= 11 is 12.7. The quantitative estimate of drug-likeness (QED) is 0.597. The Bertz CT molecular complexity index is 930. The highest BCUT2D eigenvalue weighted by molar-refractivity contribution is 6.43. The van der Waals surface area contributed by atoms with Gasteiger partial charge < -0.3 is 4.74 Å². The van der Waals surface area contributed by atoms with E-state index in [1.807, 2.05) is 36.5 Å². The second kappa shape index (κ2) is 9.01. The third kappa shape index (κ3) is 4.20. The normalized spacial score (nSPS) is 15.1. The minimum atomic E-state index is 0.506. The summed E-state index contributed by atoms with van der Waals surface area (Å²) in [6, 6.07) is 14.7. The van der Waals surface area contributed by atoms with Crippen molar-refractivity contribution in [1.29, 1.82) is 0 Å². The molecule has 2 aromatic heterocycles. The van der Waals surface area contributed by atoms with E-state index in [0.717, 1.165) is 41.5 Å². The van der Waals surface area contributed by atoms with Crippen LogP contribution < -0.4 is 0 Å². The number of morpholine rings is 1. The highest BCUT2D eigenvalue weighted by Gasteiger charge is 2.26. The van der Waals surface area contributed by atoms with Crippen molar-refractivity contribution in [3.8, 4) is 11.3 Å². The first kappa shape index (κ1) is 19.3. The third-order valence-corrected chi connectivity index (χ3v) is 5.47. The zero-order valence-corrected chi connectivity index (χ0v) is 16.7. The van der Waals surface area contributed by atoms with Crippen molar-refractivity contribution in [2.75, 3.05) is 26.3 Å². The first-order chi connectivity index (χ1) is 13.7. The fourth-order valence-corrected chi connectivity index (χ4v) is 3.66. The Morgan fingerprint density at radius 3 is 2.61 bits per heavy atom. The summed E-state index contributed by atoms with van der Waals surface area (Å²) in [5, 5.41) is 1.02. The molecule has 4 rings (SSSR count). The monoisotopic (exact) mass is 411 g/mol. The summed E-state index contributed by atoms with van der Waals surface area (Å²) in [5.74, 6) is 0. The number of halogens is 2. The lowest BCUT2D eigenvalue weighted by molar-refractivity contribution is 0.0462. The summed E-state index contributed by atoms with van der Waals surface area (Å²) in [6.45, 7) is 3.07. The molecule has 1 aromatic carbocycles. The Morgan fingerprint density at radius 2 is 1.82 bits per heavy atom. The van der Waals surface area contributed by atoms with Gasteiger partial charge in [0.25, 0.3) is 0 Å². The number of nitrogens with zero attached hydrogens (tertiary/aromatic N) is 3. The van der Waals surface area contributed by atoms with Gasteiger partial charge in [-0.15, -0.1) is 0 Å². The highest BCUT2D eigenvalue weighted by atomic mass is 35.5. The van der Waals surface area contributed by atoms with Gasteiger partial charge in [-0.25, -0.2) is 0 Å². The summed E-state index contributed by atoms with van der Waals surface area (Å²) in [5.41, 5.74) is 3.63. The summed E-state index contributed by atoms with van der Waals surface area (Å²) < 4.78 is 5.53. The van der Waals surface area contributed by atoms with E-state index in [2.05, 4.69) is 27.4 Å². The maximum Gasteiger partial charge on any atom is 0.0789 e. The predicted molar refractivity (Wildman–Crippen MR) is 112 cm³/mol. The van der Waals surface area contributed by atoms with Crippen molar-refractivity contribution in [3.05, 3.63) is 94.7 Å². The first-order valence-corrected chi connectivity index (χ1v) is 9.84. The highest BCUT2D eigenvalue weighted by Crippen LogP contribution is 2.36. The zero-order valence-electron chi connectivity index (χ0n) is 15.2. The molecule has 3 heterocycles. The van der Waals surface area contributed by atoms with E-state index in [0.29, 0.717) is 23.3 Å². The molecule has 3 aromatic rings. The molecule has 0 unspecified atom stereocenters. The molecule has 2 radical (unpaired) electrons. The molecule has 0 N–H and O–H groups in total. The molecule has 1 aliphatic heterocycles. The number of benzene rings is 1. The van der Waals surface area contributed by atoms with Crippen LogP contribution in [0.4, 0.5) is 0 Å². The standard InChI is InChI=1S/C22H19Cl2N3O/c23-19-7-1-6-18(21(19)24)22-16(4-3-9-26-22)14-20(17-5-2-8-25-15-17)27-10-12-28-13-11-27/h1-9,14-15H,10-13H2. The average Bonchev–Trinajstić information content (AvgIpc) is 2.76. The number of hydrogen-bond donors (Lipinski definition) is 0. The lowest BCUT2D eigenvalue weighted by atomic mass is 9.95. The fraction of sp³-hybridized carbons (Fsp3) is 0.182. The minimum Gasteiger partial charge on any atom is -0.379 e. The molecule has 1 fully saturated rings. The maximum atomic E-state index is 6.47. The molecular weight excluding hydrogens is 393 g/mol. The Hall–Kier alpha value is -1.98. The average molecular weight is 412 g/mol. The molecule has 0 amide bonds. The van der Waals surface area contributed by atoms with Crippen LogP contribution in [0.5, 0.6) is 0 Å². The molecule has 142 valence electrons. The molecule has 0 bridgehead atoms. The van der Waals surface area contributed by atoms with Crippen LogP contribution in [0.2, 0.25) is 10.0 Å². The number of rotatable bonds is 5. The van der Waals surface area contributed by atoms with Gasteiger partial charge in [-0.3, -0.25) is 14.9 Å². The summed E-state index contributed by atoms with van der Waals surface area (Å²) in [6.07, 6.45) is 7.57. The van der Waals surface area contributed by atoms with Crippen LogP contribution in [0.25, 0.3) is 11.3 Å². The van der Waals surface area contributed by atoms with Crippen molar-refractivity contribution in [2.45, 2.75) is 0 Å². The van der Waals surface area contributed by atoms with Gasteiger partial charge in [-0.05, 0) is 29.3 Å². The zero-order chi connectivity index (χ0) is 19.3. The molecule has 0 atom stereocenters. The van der Waals surface area contributed by atoms with Crippen molar-refractivity contribution in [3.63, 3.8) is 0 Å². The van der Waals surface area contributed by atoms with Gasteiger partial charge in [-0.1, -0.05) is 47.5 Å². The minimum absolute atomic E-state index is 0.506. The van der Waals surface area contributed by atoms with Crippen molar-refractivity contribution in [1.82, 2.24) is 14.9 Å². The van der Waals surface area contributed by atoms with E-state index in [1.165, 1.54) is 0 Å². The number of ether oxygens (including phenoxy) is 1. The Morgan fingerprint density at radius 1 is 1.00 bits per heavy atom. The van der Waals surface area contributed by atoms with Crippen LogP contribution in [-0.2, 0) is 4.74 Å². The van der Waals surface area contributed by atoms with Crippen LogP contribution in [0.15, 0.2) is 61.1 Å². The van der Waals surface area contributed by atoms with E-state index in [1.54, 1.807) is 18.5 Å². The van der Waals surface area contributed by atoms with E-state index in [-0.39, 0.29) is 0 Å². The predicted octanol–water partition coefficient (Wildman–Crippen LogP) is 4.92. The molecule has 1 saturated heterocycles. The second-order valence-corrected chi connectivity index (χ2v) is 7.20.